The molecule has 282 valence electrons. The molecule has 0 bridgehead atoms. The third-order valence-electron chi connectivity index (χ3n) is 12.4. The van der Waals surface area contributed by atoms with Crippen LogP contribution in [0.4, 0.5) is 5.69 Å². The number of allylic oxidation sites excluding steroid dienone is 4. The van der Waals surface area contributed by atoms with E-state index >= 15 is 9.59 Å². The number of hydrogen-bond acceptors (Lipinski definition) is 7. The minimum absolute atomic E-state index is 0.00288. The van der Waals surface area contributed by atoms with E-state index in [2.05, 4.69) is 0 Å². The number of ketones is 3. The molecule has 57 heavy (non-hydrogen) atoms. The molecule has 1 saturated carbocycles. The van der Waals surface area contributed by atoms with Crippen LogP contribution in [0.5, 0.6) is 11.5 Å². The van der Waals surface area contributed by atoms with E-state index in [4.69, 9.17) is 16.3 Å². The lowest BCUT2D eigenvalue weighted by molar-refractivity contribution is -0.135. The summed E-state index contributed by atoms with van der Waals surface area (Å²) in [6.45, 7) is 0. The number of aromatic hydroxyl groups is 1. The Hall–Kier alpha value is -6.38. The summed E-state index contributed by atoms with van der Waals surface area (Å²) >= 11 is 6.67. The van der Waals surface area contributed by atoms with Crippen LogP contribution in [-0.4, -0.2) is 41.4 Å². The van der Waals surface area contributed by atoms with Crippen LogP contribution in [0.15, 0.2) is 145 Å². The monoisotopic (exact) mass is 773 g/mol. The Kier molecular flexibility index (Phi) is 8.89. The molecule has 5 aromatic rings. The summed E-state index contributed by atoms with van der Waals surface area (Å²) in [5, 5.41) is 10.8. The average Bonchev–Trinajstić information content (AvgIpc) is 3.51. The van der Waals surface area contributed by atoms with Gasteiger partial charge in [0.2, 0.25) is 11.8 Å². The predicted molar refractivity (Wildman–Crippen MR) is 215 cm³/mol. The highest BCUT2D eigenvalue weighted by Crippen LogP contribution is 2.64. The molecule has 0 spiro atoms. The third-order valence-corrected chi connectivity index (χ3v) is 12.7. The van der Waals surface area contributed by atoms with Crippen LogP contribution in [0.3, 0.4) is 0 Å². The molecular formula is C48H36ClNO7. The van der Waals surface area contributed by atoms with Gasteiger partial charge in [-0.2, -0.15) is 0 Å². The normalized spacial score (nSPS) is 25.2. The summed E-state index contributed by atoms with van der Waals surface area (Å²) in [5.74, 6) is -5.54. The Morgan fingerprint density at radius 2 is 1.42 bits per heavy atom. The lowest BCUT2D eigenvalue weighted by atomic mass is 9.44. The van der Waals surface area contributed by atoms with Gasteiger partial charge in [0.15, 0.2) is 28.8 Å². The first-order chi connectivity index (χ1) is 27.6. The van der Waals surface area contributed by atoms with Gasteiger partial charge in [-0.25, -0.2) is 0 Å². The van der Waals surface area contributed by atoms with Gasteiger partial charge in [-0.1, -0.05) is 114 Å². The lowest BCUT2D eigenvalue weighted by Crippen LogP contribution is -2.58. The number of benzene rings is 5. The van der Waals surface area contributed by atoms with Crippen LogP contribution < -0.4 is 9.64 Å². The topological polar surface area (TPSA) is 118 Å². The highest BCUT2D eigenvalue weighted by Gasteiger charge is 2.66. The number of rotatable bonds is 7. The number of carbonyl (C=O) groups is 5. The fraction of sp³-hybridized carbons (Fsp3) is 0.188. The van der Waals surface area contributed by atoms with Gasteiger partial charge in [0.1, 0.15) is 0 Å². The number of hydrogen-bond donors (Lipinski definition) is 1. The zero-order chi connectivity index (χ0) is 39.6. The molecular weight excluding hydrogens is 738 g/mol. The van der Waals surface area contributed by atoms with E-state index in [1.807, 2.05) is 60.7 Å². The molecule has 0 radical (unpaired) electrons. The molecule has 1 saturated heterocycles. The molecule has 1 N–H and O–H groups in total. The van der Waals surface area contributed by atoms with Crippen LogP contribution >= 0.6 is 11.6 Å². The fourth-order valence-corrected chi connectivity index (χ4v) is 10.2. The second kappa shape index (κ2) is 14.0. The Morgan fingerprint density at radius 3 is 2.09 bits per heavy atom. The van der Waals surface area contributed by atoms with Crippen molar-refractivity contribution in [3.63, 3.8) is 0 Å². The summed E-state index contributed by atoms with van der Waals surface area (Å²) in [7, 11) is 1.41. The number of nitrogens with zero attached hydrogens (tertiary/aromatic N) is 1. The molecule has 1 heterocycles. The van der Waals surface area contributed by atoms with Gasteiger partial charge in [-0.05, 0) is 77.9 Å². The Balaban J connectivity index is 1.19. The van der Waals surface area contributed by atoms with Crippen LogP contribution in [0.1, 0.15) is 51.4 Å². The van der Waals surface area contributed by atoms with Gasteiger partial charge in [0.25, 0.3) is 0 Å². The Bertz CT molecular complexity index is 2550. The smallest absolute Gasteiger partial charge is 0.238 e. The molecule has 2 amide bonds. The minimum atomic E-state index is -1.47. The van der Waals surface area contributed by atoms with Crippen molar-refractivity contribution in [1.29, 1.82) is 0 Å². The van der Waals surface area contributed by atoms with Crippen LogP contribution in [-0.2, 0) is 24.6 Å². The summed E-state index contributed by atoms with van der Waals surface area (Å²) in [5.41, 5.74) is 2.64. The average molecular weight is 774 g/mol. The summed E-state index contributed by atoms with van der Waals surface area (Å²) < 4.78 is 5.56. The van der Waals surface area contributed by atoms with Crippen molar-refractivity contribution in [2.75, 3.05) is 12.0 Å². The zero-order valence-corrected chi connectivity index (χ0v) is 31.6. The van der Waals surface area contributed by atoms with Crippen molar-refractivity contribution in [3.8, 4) is 11.5 Å². The highest BCUT2D eigenvalue weighted by molar-refractivity contribution is 6.33. The van der Waals surface area contributed by atoms with E-state index in [0.29, 0.717) is 33.5 Å². The molecule has 5 aromatic carbocycles. The largest absolute Gasteiger partial charge is 0.503 e. The lowest BCUT2D eigenvalue weighted by Gasteiger charge is -2.55. The van der Waals surface area contributed by atoms with Gasteiger partial charge in [-0.3, -0.25) is 28.9 Å². The number of methoxy groups -OCH3 is 1. The van der Waals surface area contributed by atoms with E-state index in [9.17, 15) is 19.5 Å². The predicted octanol–water partition coefficient (Wildman–Crippen LogP) is 8.31. The summed E-state index contributed by atoms with van der Waals surface area (Å²) in [4.78, 5) is 73.9. The number of imide groups is 1. The standard InChI is InChI=1S/C48H36ClNO7/c1-57-39-24-30(23-38(49)45(39)54)42-33-21-22-34-41(47(56)50(46(34)55)32-19-17-29(18-20-32)43(52)28-13-7-3-8-14-28)36(33)25-37-44(53)35(27-11-5-2-6-12-27)26-40(51)48(37,42)31-15-9-4-10-16-31/h2-21,23-24,26,34,36-37,41-42,54H,22,25H2,1H3/t34-,36+,37-,41-,42-,48-/m0/s1. The number of phenolic OH excluding ortho intramolecular Hbond substituents is 1. The SMILES string of the molecule is COc1cc([C@H]2C3=CC[C@@H]4C(=O)N(c5ccc(C(=O)c6ccccc6)cc5)C(=O)[C@@H]4[C@@H]3C[C@H]3C(=O)C(c4ccccc4)=CC(=O)[C@@]23c2ccccc2)cc(Cl)c1O. The quantitative estimate of drug-likeness (QED) is 0.100. The Morgan fingerprint density at radius 1 is 0.789 bits per heavy atom. The molecule has 8 nitrogen and oxygen atoms in total. The van der Waals surface area contributed by atoms with Crippen molar-refractivity contribution in [2.45, 2.75) is 24.2 Å². The molecule has 3 aliphatic carbocycles. The van der Waals surface area contributed by atoms with Crippen molar-refractivity contribution in [2.24, 2.45) is 23.7 Å². The number of Topliss-reactive ketones (excluding diaryl/α,β-unsaturated/α-hetero) is 1. The third kappa shape index (κ3) is 5.53. The first-order valence-electron chi connectivity index (χ1n) is 18.9. The number of amides is 2. The maximum absolute atomic E-state index is 15.3. The number of anilines is 1. The summed E-state index contributed by atoms with van der Waals surface area (Å²) in [6.07, 6.45) is 3.78. The number of ether oxygens (including phenoxy) is 1. The first kappa shape index (κ1) is 36.3. The molecule has 9 rings (SSSR count). The number of carbonyl (C=O) groups excluding carboxylic acids is 5. The molecule has 4 aliphatic rings. The van der Waals surface area contributed by atoms with E-state index in [1.54, 1.807) is 72.8 Å². The van der Waals surface area contributed by atoms with Crippen molar-refractivity contribution in [3.05, 3.63) is 178 Å². The number of fused-ring (bicyclic) bond motifs is 4. The maximum atomic E-state index is 15.3. The van der Waals surface area contributed by atoms with Crippen LogP contribution in [0.25, 0.3) is 5.57 Å². The molecule has 9 heteroatoms. The van der Waals surface area contributed by atoms with Gasteiger partial charge >= 0.3 is 0 Å². The zero-order valence-electron chi connectivity index (χ0n) is 30.8. The Labute approximate surface area is 334 Å². The van der Waals surface area contributed by atoms with Gasteiger partial charge in [0, 0.05) is 28.5 Å². The minimum Gasteiger partial charge on any atom is -0.503 e. The number of halogens is 1. The van der Waals surface area contributed by atoms with E-state index < -0.39 is 40.9 Å². The van der Waals surface area contributed by atoms with Gasteiger partial charge < -0.3 is 9.84 Å². The second-order valence-corrected chi connectivity index (χ2v) is 15.5. The van der Waals surface area contributed by atoms with Crippen molar-refractivity contribution < 1.29 is 33.8 Å². The molecule has 6 atom stereocenters. The van der Waals surface area contributed by atoms with E-state index in [0.717, 1.165) is 5.57 Å². The van der Waals surface area contributed by atoms with Crippen molar-refractivity contribution >= 4 is 52.0 Å². The van der Waals surface area contributed by atoms with Crippen molar-refractivity contribution in [1.82, 2.24) is 0 Å². The summed E-state index contributed by atoms with van der Waals surface area (Å²) in [6, 6.07) is 36.9. The molecule has 0 unspecified atom stereocenters. The molecule has 0 aromatic heterocycles. The second-order valence-electron chi connectivity index (χ2n) is 15.1. The fourth-order valence-electron chi connectivity index (χ4n) is 9.94. The molecule has 2 fully saturated rings. The molecule has 1 aliphatic heterocycles. The number of phenols is 1. The maximum Gasteiger partial charge on any atom is 0.238 e. The van der Waals surface area contributed by atoms with Gasteiger partial charge in [0.05, 0.1) is 35.1 Å². The van der Waals surface area contributed by atoms with Crippen LogP contribution in [0.2, 0.25) is 5.02 Å². The van der Waals surface area contributed by atoms with Crippen LogP contribution in [0, 0.1) is 23.7 Å². The van der Waals surface area contributed by atoms with E-state index in [1.165, 1.54) is 18.1 Å². The van der Waals surface area contributed by atoms with E-state index in [-0.39, 0.29) is 58.2 Å². The first-order valence-corrected chi connectivity index (χ1v) is 19.3. The highest BCUT2D eigenvalue weighted by atomic mass is 35.5. The van der Waals surface area contributed by atoms with Gasteiger partial charge in [-0.15, -0.1) is 0 Å².